The Morgan fingerprint density at radius 2 is 1.48 bits per heavy atom. The lowest BCUT2D eigenvalue weighted by Crippen LogP contribution is -2.32. The van der Waals surface area contributed by atoms with E-state index in [1.807, 2.05) is 0 Å². The minimum absolute atomic E-state index is 0.417. The number of nitrogens with zero attached hydrogens (tertiary/aromatic N) is 2. The van der Waals surface area contributed by atoms with E-state index < -0.39 is 0 Å². The fraction of sp³-hybridized carbons (Fsp3) is 0.632. The van der Waals surface area contributed by atoms with Crippen LogP contribution >= 0.6 is 0 Å². The number of carbonyl (C=O) groups excluding carboxylic acids is 1. The molecule has 2 saturated heterocycles. The molecule has 2 unspecified atom stereocenters. The molecule has 0 saturated carbocycles. The van der Waals surface area contributed by atoms with E-state index in [0.29, 0.717) is 12.1 Å². The highest BCUT2D eigenvalue weighted by Gasteiger charge is 2.28. The number of benzene rings is 1. The smallest absolute Gasteiger partial charge is 0.211 e. The van der Waals surface area contributed by atoms with Gasteiger partial charge in [0.25, 0.3) is 0 Å². The Bertz CT molecular complexity index is 505. The molecule has 0 aromatic heterocycles. The fourth-order valence-corrected chi connectivity index (χ4v) is 4.31. The first-order valence-electron chi connectivity index (χ1n) is 8.96. The Balaban J connectivity index is 1.99. The summed E-state index contributed by atoms with van der Waals surface area (Å²) < 4.78 is 0. The van der Waals surface area contributed by atoms with E-state index in [9.17, 15) is 4.79 Å². The quantitative estimate of drug-likeness (QED) is 0.863. The zero-order valence-corrected chi connectivity index (χ0v) is 14.4. The molecule has 2 fully saturated rings. The molecule has 1 amide bonds. The molecule has 126 valence electrons. The van der Waals surface area contributed by atoms with Crippen LogP contribution in [0.3, 0.4) is 0 Å². The number of nitrogens with one attached hydrogen (secondary N) is 1. The van der Waals surface area contributed by atoms with E-state index >= 15 is 0 Å². The van der Waals surface area contributed by atoms with Crippen molar-refractivity contribution in [3.63, 3.8) is 0 Å². The minimum Gasteiger partial charge on any atom is -0.328 e. The van der Waals surface area contributed by atoms with Gasteiger partial charge in [0.2, 0.25) is 6.41 Å². The molecule has 2 atom stereocenters. The SMILES string of the molecule is CN1CCCCC1c1cccc(C2CCCCN2C)c1NC=O. The third kappa shape index (κ3) is 3.43. The standard InChI is InChI=1S/C19H29N3O/c1-21-12-5-3-10-17(21)15-8-7-9-16(19(15)20-14-23)18-11-4-6-13-22(18)2/h7-9,14,17-18H,3-6,10-13H2,1-2H3,(H,20,23). The summed E-state index contributed by atoms with van der Waals surface area (Å²) in [5.41, 5.74) is 3.63. The lowest BCUT2D eigenvalue weighted by atomic mass is 9.88. The second-order valence-electron chi connectivity index (χ2n) is 7.06. The molecule has 1 N–H and O–H groups in total. The predicted molar refractivity (Wildman–Crippen MR) is 94.6 cm³/mol. The third-order valence-corrected chi connectivity index (χ3v) is 5.59. The van der Waals surface area contributed by atoms with Gasteiger partial charge in [-0.2, -0.15) is 0 Å². The molecule has 3 rings (SSSR count). The van der Waals surface area contributed by atoms with Crippen molar-refractivity contribution in [3.05, 3.63) is 29.3 Å². The lowest BCUT2D eigenvalue weighted by Gasteiger charge is -2.37. The van der Waals surface area contributed by atoms with Crippen LogP contribution in [0.4, 0.5) is 5.69 Å². The summed E-state index contributed by atoms with van der Waals surface area (Å²) in [6.45, 7) is 2.28. The summed E-state index contributed by atoms with van der Waals surface area (Å²) >= 11 is 0. The van der Waals surface area contributed by atoms with Gasteiger partial charge in [0.15, 0.2) is 0 Å². The van der Waals surface area contributed by atoms with E-state index in [-0.39, 0.29) is 0 Å². The molecule has 0 spiro atoms. The van der Waals surface area contributed by atoms with Crippen LogP contribution in [0.25, 0.3) is 0 Å². The molecule has 2 aliphatic rings. The number of likely N-dealkylation sites (tertiary alicyclic amines) is 2. The van der Waals surface area contributed by atoms with E-state index in [2.05, 4.69) is 47.4 Å². The molecular weight excluding hydrogens is 286 g/mol. The van der Waals surface area contributed by atoms with Crippen LogP contribution in [-0.2, 0) is 4.79 Å². The van der Waals surface area contributed by atoms with Gasteiger partial charge in [-0.05, 0) is 64.0 Å². The summed E-state index contributed by atoms with van der Waals surface area (Å²) in [7, 11) is 4.40. The Morgan fingerprint density at radius 1 is 0.957 bits per heavy atom. The molecule has 23 heavy (non-hydrogen) atoms. The van der Waals surface area contributed by atoms with Crippen LogP contribution in [0, 0.1) is 0 Å². The monoisotopic (exact) mass is 315 g/mol. The van der Waals surface area contributed by atoms with E-state index in [1.165, 1.54) is 49.7 Å². The normalized spacial score (nSPS) is 26.9. The minimum atomic E-state index is 0.417. The zero-order chi connectivity index (χ0) is 16.2. The largest absolute Gasteiger partial charge is 0.328 e. The van der Waals surface area contributed by atoms with Gasteiger partial charge in [0.05, 0.1) is 5.69 Å². The Kier molecular flexibility index (Phi) is 5.34. The van der Waals surface area contributed by atoms with Crippen LogP contribution in [0.15, 0.2) is 18.2 Å². The molecule has 0 bridgehead atoms. The van der Waals surface area contributed by atoms with Gasteiger partial charge in [-0.15, -0.1) is 0 Å². The van der Waals surface area contributed by atoms with Crippen LogP contribution in [0.2, 0.25) is 0 Å². The second-order valence-corrected chi connectivity index (χ2v) is 7.06. The fourth-order valence-electron chi connectivity index (χ4n) is 4.31. The van der Waals surface area contributed by atoms with Gasteiger partial charge < -0.3 is 5.32 Å². The molecule has 4 heteroatoms. The number of hydrogen-bond donors (Lipinski definition) is 1. The average molecular weight is 315 g/mol. The Morgan fingerprint density at radius 3 is 1.91 bits per heavy atom. The summed E-state index contributed by atoms with van der Waals surface area (Å²) in [4.78, 5) is 16.1. The van der Waals surface area contributed by atoms with Crippen molar-refractivity contribution >= 4 is 12.1 Å². The number of piperidine rings is 2. The maximum absolute atomic E-state index is 11.3. The number of anilines is 1. The summed E-state index contributed by atoms with van der Waals surface area (Å²) in [6, 6.07) is 7.40. The van der Waals surface area contributed by atoms with E-state index in [1.54, 1.807) is 0 Å². The van der Waals surface area contributed by atoms with Gasteiger partial charge in [-0.3, -0.25) is 14.6 Å². The van der Waals surface area contributed by atoms with Crippen LogP contribution < -0.4 is 5.32 Å². The molecule has 1 aromatic rings. The molecule has 0 aliphatic carbocycles. The van der Waals surface area contributed by atoms with Crippen LogP contribution in [0.1, 0.15) is 61.7 Å². The maximum Gasteiger partial charge on any atom is 0.211 e. The van der Waals surface area contributed by atoms with Crippen LogP contribution in [0.5, 0.6) is 0 Å². The van der Waals surface area contributed by atoms with Crippen LogP contribution in [-0.4, -0.2) is 43.4 Å². The van der Waals surface area contributed by atoms with Gasteiger partial charge >= 0.3 is 0 Å². The number of hydrogen-bond acceptors (Lipinski definition) is 3. The first-order chi connectivity index (χ1) is 11.2. The van der Waals surface area contributed by atoms with E-state index in [4.69, 9.17) is 0 Å². The summed E-state index contributed by atoms with van der Waals surface area (Å²) in [6.07, 6.45) is 8.27. The van der Waals surface area contributed by atoms with Crippen molar-refractivity contribution in [2.45, 2.75) is 50.6 Å². The average Bonchev–Trinajstić information content (AvgIpc) is 2.57. The maximum atomic E-state index is 11.3. The number of carbonyl (C=O) groups is 1. The lowest BCUT2D eigenvalue weighted by molar-refractivity contribution is -0.105. The summed E-state index contributed by atoms with van der Waals surface area (Å²) in [5, 5.41) is 3.05. The van der Waals surface area contributed by atoms with Crippen molar-refractivity contribution < 1.29 is 4.79 Å². The Hall–Kier alpha value is -1.39. The molecule has 2 heterocycles. The highest BCUT2D eigenvalue weighted by molar-refractivity contribution is 5.76. The van der Waals surface area contributed by atoms with Gasteiger partial charge in [0.1, 0.15) is 0 Å². The van der Waals surface area contributed by atoms with Crippen molar-refractivity contribution in [2.24, 2.45) is 0 Å². The topological polar surface area (TPSA) is 35.6 Å². The number of para-hydroxylation sites is 1. The van der Waals surface area contributed by atoms with Crippen molar-refractivity contribution in [2.75, 3.05) is 32.5 Å². The van der Waals surface area contributed by atoms with Crippen molar-refractivity contribution in [1.82, 2.24) is 9.80 Å². The first kappa shape index (κ1) is 16.5. The first-order valence-corrected chi connectivity index (χ1v) is 8.96. The zero-order valence-electron chi connectivity index (χ0n) is 14.4. The predicted octanol–water partition coefficient (Wildman–Crippen LogP) is 3.57. The number of rotatable bonds is 4. The second kappa shape index (κ2) is 7.45. The molecule has 1 aromatic carbocycles. The molecule has 0 radical (unpaired) electrons. The van der Waals surface area contributed by atoms with Gasteiger partial charge in [-0.1, -0.05) is 31.0 Å². The van der Waals surface area contributed by atoms with E-state index in [0.717, 1.165) is 25.2 Å². The third-order valence-electron chi connectivity index (χ3n) is 5.59. The number of amides is 1. The summed E-state index contributed by atoms with van der Waals surface area (Å²) in [5.74, 6) is 0. The highest BCUT2D eigenvalue weighted by Crippen LogP contribution is 2.40. The molecule has 2 aliphatic heterocycles. The molecular formula is C19H29N3O. The van der Waals surface area contributed by atoms with Crippen molar-refractivity contribution in [3.8, 4) is 0 Å². The Labute approximate surface area is 139 Å². The molecule has 4 nitrogen and oxygen atoms in total. The van der Waals surface area contributed by atoms with Gasteiger partial charge in [-0.25, -0.2) is 0 Å². The van der Waals surface area contributed by atoms with Crippen molar-refractivity contribution in [1.29, 1.82) is 0 Å². The van der Waals surface area contributed by atoms with Gasteiger partial charge in [0, 0.05) is 12.1 Å². The highest BCUT2D eigenvalue weighted by atomic mass is 16.1.